The van der Waals surface area contributed by atoms with Crippen LogP contribution >= 0.6 is 0 Å². The Balaban J connectivity index is 2.24. The third-order valence-corrected chi connectivity index (χ3v) is 6.15. The molecule has 1 aromatic carbocycles. The van der Waals surface area contributed by atoms with E-state index in [4.69, 9.17) is 0 Å². The molecule has 3 atom stereocenters. The molecule has 3 N–H and O–H groups in total. The zero-order chi connectivity index (χ0) is 25.7. The van der Waals surface area contributed by atoms with Crippen LogP contribution < -0.4 is 16.0 Å². The fraction of sp³-hybridized carbons (Fsp3) is 0.571. The van der Waals surface area contributed by atoms with E-state index in [-0.39, 0.29) is 12.5 Å². The van der Waals surface area contributed by atoms with Crippen LogP contribution in [0, 0.1) is 5.82 Å². The third-order valence-electron chi connectivity index (χ3n) is 5.17. The quantitative estimate of drug-likeness (QED) is 0.291. The summed E-state index contributed by atoms with van der Waals surface area (Å²) in [4.78, 5) is 37.3. The van der Waals surface area contributed by atoms with E-state index in [2.05, 4.69) is 16.0 Å². The molecule has 0 aliphatic heterocycles. The van der Waals surface area contributed by atoms with Crippen LogP contribution in [-0.2, 0) is 24.2 Å². The van der Waals surface area contributed by atoms with Crippen LogP contribution in [0.4, 0.5) is 17.6 Å². The Morgan fingerprint density at radius 3 is 2.15 bits per heavy atom. The summed E-state index contributed by atoms with van der Waals surface area (Å²) in [6.45, 7) is 1.50. The van der Waals surface area contributed by atoms with E-state index in [9.17, 15) is 40.4 Å². The topological polar surface area (TPSA) is 121 Å². The van der Waals surface area contributed by atoms with Crippen LogP contribution in [0.25, 0.3) is 0 Å². The van der Waals surface area contributed by atoms with Gasteiger partial charge in [-0.05, 0) is 43.4 Å². The first kappa shape index (κ1) is 27.7. The van der Waals surface area contributed by atoms with Gasteiger partial charge in [0, 0.05) is 12.3 Å². The molecule has 2 amide bonds. The Kier molecular flexibility index (Phi) is 9.17. The number of rotatable bonds is 12. The number of sulfone groups is 1. The second-order valence-corrected chi connectivity index (χ2v) is 10.5. The highest BCUT2D eigenvalue weighted by Crippen LogP contribution is 2.33. The van der Waals surface area contributed by atoms with Crippen molar-refractivity contribution in [3.63, 3.8) is 0 Å². The van der Waals surface area contributed by atoms with Crippen molar-refractivity contribution >= 4 is 27.4 Å². The van der Waals surface area contributed by atoms with Gasteiger partial charge in [-0.1, -0.05) is 19.1 Å². The number of Topliss-reactive ketones (excluding diaryl/α,β-unsaturated/α-hetero) is 1. The Morgan fingerprint density at radius 1 is 1.09 bits per heavy atom. The van der Waals surface area contributed by atoms with Crippen molar-refractivity contribution in [1.82, 2.24) is 16.0 Å². The molecule has 2 rings (SSSR count). The lowest BCUT2D eigenvalue weighted by atomic mass is 10.0. The van der Waals surface area contributed by atoms with Gasteiger partial charge in [-0.2, -0.15) is 13.2 Å². The summed E-state index contributed by atoms with van der Waals surface area (Å²) in [7, 11) is -3.65. The lowest BCUT2D eigenvalue weighted by molar-refractivity contribution is -0.161. The molecule has 1 aliphatic carbocycles. The van der Waals surface area contributed by atoms with Crippen molar-refractivity contribution in [1.29, 1.82) is 0 Å². The molecule has 13 heteroatoms. The van der Waals surface area contributed by atoms with Gasteiger partial charge in [0.2, 0.25) is 11.7 Å². The SMILES string of the molecule is CCC(NC(=O)C(CCS(C)(=O)=O)NC(c1ccc(F)cc1)C(F)(F)F)C(=O)C(=O)NC1CC1. The first-order chi connectivity index (χ1) is 15.7. The molecule has 8 nitrogen and oxygen atoms in total. The Morgan fingerprint density at radius 2 is 1.68 bits per heavy atom. The van der Waals surface area contributed by atoms with Gasteiger partial charge in [0.25, 0.3) is 5.91 Å². The number of amides is 2. The van der Waals surface area contributed by atoms with Crippen LogP contribution in [0.1, 0.15) is 44.2 Å². The second-order valence-electron chi connectivity index (χ2n) is 8.25. The minimum Gasteiger partial charge on any atom is -0.347 e. The summed E-state index contributed by atoms with van der Waals surface area (Å²) in [5.74, 6) is -4.30. The van der Waals surface area contributed by atoms with E-state index in [1.54, 1.807) is 0 Å². The van der Waals surface area contributed by atoms with E-state index in [1.807, 2.05) is 0 Å². The van der Waals surface area contributed by atoms with Gasteiger partial charge in [0.1, 0.15) is 21.7 Å². The van der Waals surface area contributed by atoms with Crippen molar-refractivity contribution in [3.05, 3.63) is 35.6 Å². The Hall–Kier alpha value is -2.54. The molecule has 34 heavy (non-hydrogen) atoms. The van der Waals surface area contributed by atoms with Gasteiger partial charge in [-0.3, -0.25) is 19.7 Å². The van der Waals surface area contributed by atoms with E-state index in [0.717, 1.165) is 43.4 Å². The summed E-state index contributed by atoms with van der Waals surface area (Å²) >= 11 is 0. The van der Waals surface area contributed by atoms with Gasteiger partial charge < -0.3 is 10.6 Å². The number of carbonyl (C=O) groups excluding carboxylic acids is 3. The van der Waals surface area contributed by atoms with Crippen molar-refractivity contribution in [2.24, 2.45) is 0 Å². The molecule has 1 aromatic rings. The standard InChI is InChI=1S/C21H27F4N3O5S/c1-3-15(17(29)20(31)26-14-8-9-14)28-19(30)16(10-11-34(2,32)33)27-18(21(23,24)25)12-4-6-13(22)7-5-12/h4-7,14-16,18,27H,3,8-11H2,1-2H3,(H,26,31)(H,28,30). The molecule has 0 radical (unpaired) electrons. The van der Waals surface area contributed by atoms with Crippen LogP contribution in [0.3, 0.4) is 0 Å². The molecule has 0 heterocycles. The number of carbonyl (C=O) groups is 3. The smallest absolute Gasteiger partial charge is 0.347 e. The highest BCUT2D eigenvalue weighted by Gasteiger charge is 2.43. The molecule has 190 valence electrons. The molecule has 0 aromatic heterocycles. The molecule has 1 aliphatic rings. The van der Waals surface area contributed by atoms with Crippen molar-refractivity contribution in [3.8, 4) is 0 Å². The molecule has 1 saturated carbocycles. The number of halogens is 4. The molecule has 0 bridgehead atoms. The summed E-state index contributed by atoms with van der Waals surface area (Å²) in [5.41, 5.74) is -0.391. The first-order valence-electron chi connectivity index (χ1n) is 10.6. The molecular formula is C21H27F4N3O5S. The van der Waals surface area contributed by atoms with Gasteiger partial charge in [0.15, 0.2) is 0 Å². The maximum Gasteiger partial charge on any atom is 0.407 e. The maximum atomic E-state index is 13.8. The molecule has 0 spiro atoms. The average Bonchev–Trinajstić information content (AvgIpc) is 3.54. The number of ketones is 1. The molecule has 0 saturated heterocycles. The number of hydrogen-bond acceptors (Lipinski definition) is 6. The predicted octanol–water partition coefficient (Wildman–Crippen LogP) is 1.56. The zero-order valence-electron chi connectivity index (χ0n) is 18.6. The minimum absolute atomic E-state index is 0.0118. The number of benzene rings is 1. The first-order valence-corrected chi connectivity index (χ1v) is 12.7. The highest BCUT2D eigenvalue weighted by atomic mass is 32.2. The summed E-state index contributed by atoms with van der Waals surface area (Å²) < 4.78 is 77.7. The monoisotopic (exact) mass is 509 g/mol. The normalized spacial score (nSPS) is 16.9. The lowest BCUT2D eigenvalue weighted by Gasteiger charge is -2.28. The van der Waals surface area contributed by atoms with Gasteiger partial charge in [-0.15, -0.1) is 0 Å². The van der Waals surface area contributed by atoms with E-state index >= 15 is 0 Å². The van der Waals surface area contributed by atoms with Crippen LogP contribution in [-0.4, -0.2) is 62.3 Å². The molecular weight excluding hydrogens is 482 g/mol. The lowest BCUT2D eigenvalue weighted by Crippen LogP contribution is -2.55. The Labute approximate surface area is 194 Å². The Bertz CT molecular complexity index is 995. The second kappa shape index (κ2) is 11.3. The van der Waals surface area contributed by atoms with Crippen LogP contribution in [0.2, 0.25) is 0 Å². The van der Waals surface area contributed by atoms with E-state index in [0.29, 0.717) is 0 Å². The van der Waals surface area contributed by atoms with Crippen molar-refractivity contribution in [2.75, 3.05) is 12.0 Å². The zero-order valence-corrected chi connectivity index (χ0v) is 19.4. The number of nitrogens with one attached hydrogen (secondary N) is 3. The van der Waals surface area contributed by atoms with Gasteiger partial charge in [0.05, 0.1) is 17.8 Å². The minimum atomic E-state index is -4.91. The predicted molar refractivity (Wildman–Crippen MR) is 115 cm³/mol. The number of alkyl halides is 3. The summed E-state index contributed by atoms with van der Waals surface area (Å²) in [6.07, 6.45) is -3.14. The largest absolute Gasteiger partial charge is 0.407 e. The van der Waals surface area contributed by atoms with Crippen molar-refractivity contribution in [2.45, 2.75) is 63.0 Å². The fourth-order valence-corrected chi connectivity index (χ4v) is 3.79. The number of hydrogen-bond donors (Lipinski definition) is 3. The van der Waals surface area contributed by atoms with E-state index < -0.39 is 75.3 Å². The van der Waals surface area contributed by atoms with Crippen LogP contribution in [0.15, 0.2) is 24.3 Å². The van der Waals surface area contributed by atoms with E-state index in [1.165, 1.54) is 6.92 Å². The molecule has 3 unspecified atom stereocenters. The van der Waals surface area contributed by atoms with Gasteiger partial charge >= 0.3 is 6.18 Å². The summed E-state index contributed by atoms with van der Waals surface area (Å²) in [5, 5.41) is 6.85. The maximum absolute atomic E-state index is 13.8. The van der Waals surface area contributed by atoms with Crippen molar-refractivity contribution < 1.29 is 40.4 Å². The van der Waals surface area contributed by atoms with Gasteiger partial charge in [-0.25, -0.2) is 12.8 Å². The summed E-state index contributed by atoms with van der Waals surface area (Å²) in [6, 6.07) is -2.07. The third kappa shape index (κ3) is 8.67. The van der Waals surface area contributed by atoms with Crippen LogP contribution in [0.5, 0.6) is 0 Å². The average molecular weight is 510 g/mol. The molecule has 1 fully saturated rings. The highest BCUT2D eigenvalue weighted by molar-refractivity contribution is 7.90. The fourth-order valence-electron chi connectivity index (χ4n) is 3.13.